The molecule has 1 aliphatic rings. The number of imide groups is 1. The average Bonchev–Trinajstić information content (AvgIpc) is 2.28. The second kappa shape index (κ2) is 3.59. The Bertz CT molecular complexity index is 269. The van der Waals surface area contributed by atoms with Crippen molar-refractivity contribution in [1.29, 1.82) is 0 Å². The molecule has 14 heavy (non-hydrogen) atoms. The molecular weight excluding hydrogens is 185 g/mol. The number of carbonyl (C=O) groups is 2. The first kappa shape index (κ1) is 11.0. The van der Waals surface area contributed by atoms with Gasteiger partial charge in [0.15, 0.2) is 7.98 Å². The third-order valence-electron chi connectivity index (χ3n) is 2.13. The van der Waals surface area contributed by atoms with Crippen molar-refractivity contribution in [3.63, 3.8) is 0 Å². The third-order valence-corrected chi connectivity index (χ3v) is 2.13. The molecule has 3 N–H and O–H groups in total. The summed E-state index contributed by atoms with van der Waals surface area (Å²) in [6.45, 7) is 3.21. The molecule has 3 amide bonds. The van der Waals surface area contributed by atoms with Crippen molar-refractivity contribution in [2.75, 3.05) is 6.54 Å². The second-order valence-electron chi connectivity index (χ2n) is 3.78. The first-order chi connectivity index (χ1) is 6.38. The lowest BCUT2D eigenvalue weighted by molar-refractivity contribution is -0.131. The molecule has 1 fully saturated rings. The minimum absolute atomic E-state index is 0.0371. The molecule has 7 heteroatoms. The molecule has 1 heterocycles. The van der Waals surface area contributed by atoms with E-state index < -0.39 is 17.8 Å². The second-order valence-corrected chi connectivity index (χ2v) is 3.78. The topological polar surface area (TPSA) is 81.7 Å². The highest BCUT2D eigenvalue weighted by Gasteiger charge is 2.44. The van der Waals surface area contributed by atoms with Crippen LogP contribution in [0.15, 0.2) is 0 Å². The van der Waals surface area contributed by atoms with E-state index in [2.05, 4.69) is 10.5 Å². The molecule has 0 aromatic rings. The number of β-amino-alcohol motifs (C(OH)–C–C–N with tert-alkyl or cyclic N) is 1. The largest absolute Gasteiger partial charge is 0.378 e. The van der Waals surface area contributed by atoms with E-state index in [1.165, 1.54) is 0 Å². The van der Waals surface area contributed by atoms with Crippen LogP contribution in [0.5, 0.6) is 0 Å². The third kappa shape index (κ3) is 1.88. The highest BCUT2D eigenvalue weighted by atomic mass is 16.3. The van der Waals surface area contributed by atoms with Gasteiger partial charge in [0.05, 0.1) is 6.54 Å². The van der Waals surface area contributed by atoms with Crippen molar-refractivity contribution in [3.05, 3.63) is 0 Å². The number of rotatable bonds is 3. The molecule has 0 bridgehead atoms. The summed E-state index contributed by atoms with van der Waals surface area (Å²) >= 11 is 0. The molecule has 6 nitrogen and oxygen atoms in total. The maximum atomic E-state index is 11.6. The lowest BCUT2D eigenvalue weighted by Gasteiger charge is -2.18. The predicted molar refractivity (Wildman–Crippen MR) is 52.0 cm³/mol. The molecule has 0 spiro atoms. The molecule has 1 rings (SSSR count). The number of hydrogen-bond donors (Lipinski definition) is 3. The van der Waals surface area contributed by atoms with E-state index in [0.717, 1.165) is 4.90 Å². The minimum Gasteiger partial charge on any atom is -0.378 e. The summed E-state index contributed by atoms with van der Waals surface area (Å²) < 4.78 is 0. The Hall–Kier alpha value is -1.08. The Balaban J connectivity index is 2.71. The summed E-state index contributed by atoms with van der Waals surface area (Å²) in [6.07, 6.45) is -0.890. The van der Waals surface area contributed by atoms with Gasteiger partial charge < -0.3 is 15.7 Å². The normalized spacial score (nSPS) is 22.4. The highest BCUT2D eigenvalue weighted by molar-refractivity contribution is 6.07. The molecule has 1 saturated heterocycles. The van der Waals surface area contributed by atoms with E-state index in [4.69, 9.17) is 0 Å². The maximum Gasteiger partial charge on any atom is 0.325 e. The Morgan fingerprint density at radius 3 is 2.57 bits per heavy atom. The Morgan fingerprint density at radius 2 is 2.21 bits per heavy atom. The van der Waals surface area contributed by atoms with Crippen molar-refractivity contribution < 1.29 is 14.7 Å². The zero-order valence-electron chi connectivity index (χ0n) is 8.50. The fraction of sp³-hybridized carbons (Fsp3) is 0.714. The van der Waals surface area contributed by atoms with Crippen LogP contribution in [0.2, 0.25) is 0 Å². The molecule has 0 saturated carbocycles. The molecule has 0 aromatic heterocycles. The van der Waals surface area contributed by atoms with Gasteiger partial charge in [-0.3, -0.25) is 9.69 Å². The van der Waals surface area contributed by atoms with Crippen LogP contribution in [0.3, 0.4) is 0 Å². The fourth-order valence-corrected chi connectivity index (χ4v) is 1.25. The van der Waals surface area contributed by atoms with Crippen LogP contribution in [0.4, 0.5) is 4.79 Å². The van der Waals surface area contributed by atoms with E-state index in [9.17, 15) is 14.7 Å². The molecule has 1 aliphatic heterocycles. The molecule has 1 atom stereocenters. The Labute approximate surface area is 83.1 Å². The number of hydrogen-bond acceptors (Lipinski definition) is 4. The number of nitrogens with one attached hydrogen (secondary N) is 2. The van der Waals surface area contributed by atoms with E-state index in [1.54, 1.807) is 21.8 Å². The fourth-order valence-electron chi connectivity index (χ4n) is 1.25. The van der Waals surface area contributed by atoms with E-state index in [0.29, 0.717) is 0 Å². The monoisotopic (exact) mass is 199 g/mol. The molecule has 0 aromatic carbocycles. The molecule has 78 valence electrons. The lowest BCUT2D eigenvalue weighted by atomic mass is 10.1. The summed E-state index contributed by atoms with van der Waals surface area (Å²) in [5.74, 6) is -0.322. The van der Waals surface area contributed by atoms with Gasteiger partial charge in [-0.25, -0.2) is 4.79 Å². The van der Waals surface area contributed by atoms with Gasteiger partial charge in [-0.15, -0.1) is 0 Å². The zero-order chi connectivity index (χ0) is 10.9. The van der Waals surface area contributed by atoms with Crippen molar-refractivity contribution in [2.45, 2.75) is 25.6 Å². The van der Waals surface area contributed by atoms with Crippen LogP contribution in [0.1, 0.15) is 13.8 Å². The number of aliphatic hydroxyl groups excluding tert-OH is 1. The number of aliphatic hydroxyl groups is 1. The van der Waals surface area contributed by atoms with Crippen molar-refractivity contribution in [3.8, 4) is 0 Å². The quantitative estimate of drug-likeness (QED) is 0.273. The van der Waals surface area contributed by atoms with Gasteiger partial charge >= 0.3 is 6.03 Å². The Morgan fingerprint density at radius 1 is 1.64 bits per heavy atom. The lowest BCUT2D eigenvalue weighted by Crippen LogP contribution is -2.44. The van der Waals surface area contributed by atoms with E-state index in [-0.39, 0.29) is 12.5 Å². The van der Waals surface area contributed by atoms with Gasteiger partial charge in [0, 0.05) is 0 Å². The highest BCUT2D eigenvalue weighted by Crippen LogP contribution is 2.16. The Kier molecular flexibility index (Phi) is 2.82. The van der Waals surface area contributed by atoms with Gasteiger partial charge in [0.25, 0.3) is 5.91 Å². The molecule has 0 aliphatic carbocycles. The van der Waals surface area contributed by atoms with Crippen LogP contribution >= 0.6 is 0 Å². The summed E-state index contributed by atoms with van der Waals surface area (Å²) in [6, 6.07) is -0.464. The van der Waals surface area contributed by atoms with Gasteiger partial charge in [-0.2, -0.15) is 0 Å². The number of amides is 3. The van der Waals surface area contributed by atoms with Crippen molar-refractivity contribution >= 4 is 19.9 Å². The summed E-state index contributed by atoms with van der Waals surface area (Å²) in [7, 11) is 1.55. The van der Waals surface area contributed by atoms with Crippen LogP contribution in [-0.2, 0) is 4.79 Å². The van der Waals surface area contributed by atoms with E-state index in [1.807, 2.05) is 0 Å². The smallest absolute Gasteiger partial charge is 0.325 e. The average molecular weight is 199 g/mol. The van der Waals surface area contributed by atoms with Crippen molar-refractivity contribution in [1.82, 2.24) is 15.4 Å². The summed E-state index contributed by atoms with van der Waals surface area (Å²) in [5.41, 5.74) is -0.870. The van der Waals surface area contributed by atoms with Gasteiger partial charge in [0.2, 0.25) is 0 Å². The van der Waals surface area contributed by atoms with Crippen LogP contribution < -0.4 is 10.5 Å². The van der Waals surface area contributed by atoms with Crippen LogP contribution in [0, 0.1) is 0 Å². The molecule has 0 radical (unpaired) electrons. The maximum absolute atomic E-state index is 11.6. The van der Waals surface area contributed by atoms with Gasteiger partial charge in [-0.1, -0.05) is 0 Å². The SMILES string of the molecule is BNC(O)CN1C(=O)NC(C)(C)C1=O. The first-order valence-electron chi connectivity index (χ1n) is 4.38. The summed E-state index contributed by atoms with van der Waals surface area (Å²) in [5, 5.41) is 14.3. The summed E-state index contributed by atoms with van der Waals surface area (Å²) in [4.78, 5) is 23.9. The standard InChI is InChI=1S/C7H14BN3O3/c1-7(2)5(13)11(6(14)9-7)3-4(12)10-8/h4,10,12H,3,8H2,1-2H3,(H,9,14). The number of nitrogens with zero attached hydrogens (tertiary/aromatic N) is 1. The van der Waals surface area contributed by atoms with E-state index >= 15 is 0 Å². The minimum atomic E-state index is -0.890. The van der Waals surface area contributed by atoms with Crippen LogP contribution in [0.25, 0.3) is 0 Å². The van der Waals surface area contributed by atoms with Crippen molar-refractivity contribution in [2.24, 2.45) is 0 Å². The van der Waals surface area contributed by atoms with Gasteiger partial charge in [0.1, 0.15) is 11.8 Å². The molecule has 1 unspecified atom stereocenters. The van der Waals surface area contributed by atoms with Crippen LogP contribution in [-0.4, -0.2) is 48.2 Å². The zero-order valence-corrected chi connectivity index (χ0v) is 8.50. The number of urea groups is 1. The predicted octanol–water partition coefficient (Wildman–Crippen LogP) is -2.23. The molecular formula is C7H14BN3O3. The number of carbonyl (C=O) groups excluding carboxylic acids is 2. The van der Waals surface area contributed by atoms with Gasteiger partial charge in [-0.05, 0) is 13.8 Å². The first-order valence-corrected chi connectivity index (χ1v) is 4.38.